The molecule has 156 valence electrons. The minimum absolute atomic E-state index is 0.133. The van der Waals surface area contributed by atoms with Gasteiger partial charge in [-0.05, 0) is 89.1 Å². The molecule has 4 nitrogen and oxygen atoms in total. The first-order chi connectivity index (χ1) is 13.2. The Hall–Kier alpha value is -1.62. The molecule has 0 bridgehead atoms. The van der Waals surface area contributed by atoms with Gasteiger partial charge in [-0.25, -0.2) is 9.18 Å². The maximum atomic E-state index is 13.3. The molecular weight excluding hydrogens is 355 g/mol. The van der Waals surface area contributed by atoms with Gasteiger partial charge in [0.1, 0.15) is 11.4 Å². The van der Waals surface area contributed by atoms with Crippen molar-refractivity contribution < 1.29 is 13.9 Å². The smallest absolute Gasteiger partial charge is 0.410 e. The van der Waals surface area contributed by atoms with Crippen LogP contribution in [0.5, 0.6) is 0 Å². The van der Waals surface area contributed by atoms with Crippen LogP contribution in [0.15, 0.2) is 24.3 Å². The number of likely N-dealkylation sites (tertiary alicyclic amines) is 2. The molecule has 1 aromatic rings. The van der Waals surface area contributed by atoms with Gasteiger partial charge in [0.2, 0.25) is 0 Å². The fourth-order valence-corrected chi connectivity index (χ4v) is 4.51. The summed E-state index contributed by atoms with van der Waals surface area (Å²) in [5, 5.41) is 0. The number of hydrogen-bond donors (Lipinski definition) is 0. The summed E-state index contributed by atoms with van der Waals surface area (Å²) < 4.78 is 18.9. The minimum atomic E-state index is -0.465. The van der Waals surface area contributed by atoms with Gasteiger partial charge in [0, 0.05) is 19.6 Å². The Labute approximate surface area is 169 Å². The summed E-state index contributed by atoms with van der Waals surface area (Å²) >= 11 is 0. The van der Waals surface area contributed by atoms with E-state index >= 15 is 0 Å². The van der Waals surface area contributed by atoms with E-state index in [9.17, 15) is 9.18 Å². The number of benzene rings is 1. The van der Waals surface area contributed by atoms with Gasteiger partial charge in [0.05, 0.1) is 0 Å². The molecule has 0 radical (unpaired) electrons. The number of carbonyl (C=O) groups is 1. The van der Waals surface area contributed by atoms with E-state index in [1.165, 1.54) is 37.9 Å². The molecule has 28 heavy (non-hydrogen) atoms. The molecule has 0 unspecified atom stereocenters. The quantitative estimate of drug-likeness (QED) is 0.735. The van der Waals surface area contributed by atoms with Crippen molar-refractivity contribution >= 4 is 6.09 Å². The summed E-state index contributed by atoms with van der Waals surface area (Å²) in [4.78, 5) is 16.9. The zero-order valence-electron chi connectivity index (χ0n) is 17.7. The number of halogens is 1. The van der Waals surface area contributed by atoms with Crippen LogP contribution in [0.4, 0.5) is 9.18 Å². The highest BCUT2D eigenvalue weighted by molar-refractivity contribution is 5.68. The molecular formula is C23H35FN2O2. The number of amides is 1. The summed E-state index contributed by atoms with van der Waals surface area (Å²) in [6.45, 7) is 10.6. The SMILES string of the molecule is CC(C)(C)OC(=O)N1CCC(Cc2ccc(F)cc2)(CN2CCCCC2)CC1. The van der Waals surface area contributed by atoms with Gasteiger partial charge in [0.15, 0.2) is 0 Å². The van der Waals surface area contributed by atoms with Crippen LogP contribution in [0.1, 0.15) is 58.4 Å². The van der Waals surface area contributed by atoms with Crippen molar-refractivity contribution in [2.24, 2.45) is 5.41 Å². The second-order valence-electron chi connectivity index (χ2n) is 9.61. The predicted molar refractivity (Wildman–Crippen MR) is 110 cm³/mol. The average Bonchev–Trinajstić information content (AvgIpc) is 2.64. The standard InChI is InChI=1S/C23H35FN2O2/c1-22(2,3)28-21(27)26-15-11-23(12-16-26,18-25-13-5-4-6-14-25)17-19-7-9-20(24)10-8-19/h7-10H,4-6,11-18H2,1-3H3. The Morgan fingerprint density at radius 3 is 2.21 bits per heavy atom. The Morgan fingerprint density at radius 1 is 1.04 bits per heavy atom. The summed E-state index contributed by atoms with van der Waals surface area (Å²) in [5.41, 5.74) is 0.852. The Balaban J connectivity index is 1.68. The van der Waals surface area contributed by atoms with E-state index in [1.54, 1.807) is 12.1 Å². The molecule has 0 saturated carbocycles. The third-order valence-electron chi connectivity index (χ3n) is 5.98. The monoisotopic (exact) mass is 390 g/mol. The maximum absolute atomic E-state index is 13.3. The first-order valence-electron chi connectivity index (χ1n) is 10.7. The van der Waals surface area contributed by atoms with Gasteiger partial charge < -0.3 is 14.5 Å². The fourth-order valence-electron chi connectivity index (χ4n) is 4.51. The van der Waals surface area contributed by atoms with Crippen LogP contribution in [0.3, 0.4) is 0 Å². The summed E-state index contributed by atoms with van der Waals surface area (Å²) in [7, 11) is 0. The van der Waals surface area contributed by atoms with E-state index in [2.05, 4.69) is 4.90 Å². The molecule has 3 rings (SSSR count). The zero-order chi connectivity index (χ0) is 20.2. The third-order valence-corrected chi connectivity index (χ3v) is 5.98. The van der Waals surface area contributed by atoms with E-state index in [4.69, 9.17) is 4.74 Å². The molecule has 5 heteroatoms. The molecule has 0 N–H and O–H groups in total. The largest absolute Gasteiger partial charge is 0.444 e. The first kappa shape index (κ1) is 21.1. The molecule has 2 fully saturated rings. The van der Waals surface area contributed by atoms with Crippen molar-refractivity contribution in [2.45, 2.75) is 64.9 Å². The Bertz CT molecular complexity index is 640. The topological polar surface area (TPSA) is 32.8 Å². The van der Waals surface area contributed by atoms with Gasteiger partial charge in [-0.15, -0.1) is 0 Å². The molecule has 1 amide bonds. The zero-order valence-corrected chi connectivity index (χ0v) is 17.7. The molecule has 0 atom stereocenters. The molecule has 0 aliphatic carbocycles. The Morgan fingerprint density at radius 2 is 1.64 bits per heavy atom. The molecule has 2 saturated heterocycles. The van der Waals surface area contributed by atoms with Crippen molar-refractivity contribution in [3.63, 3.8) is 0 Å². The first-order valence-corrected chi connectivity index (χ1v) is 10.7. The number of hydrogen-bond acceptors (Lipinski definition) is 3. The normalized spacial score (nSPS) is 20.8. The lowest BCUT2D eigenvalue weighted by Gasteiger charge is -2.45. The highest BCUT2D eigenvalue weighted by Gasteiger charge is 2.38. The molecule has 1 aromatic carbocycles. The van der Waals surface area contributed by atoms with Gasteiger partial charge in [-0.1, -0.05) is 18.6 Å². The van der Waals surface area contributed by atoms with Crippen molar-refractivity contribution in [3.8, 4) is 0 Å². The highest BCUT2D eigenvalue weighted by atomic mass is 19.1. The van der Waals surface area contributed by atoms with Gasteiger partial charge in [0.25, 0.3) is 0 Å². The minimum Gasteiger partial charge on any atom is -0.444 e. The average molecular weight is 391 g/mol. The van der Waals surface area contributed by atoms with E-state index in [1.807, 2.05) is 37.8 Å². The lowest BCUT2D eigenvalue weighted by molar-refractivity contribution is 0.00326. The maximum Gasteiger partial charge on any atom is 0.410 e. The van der Waals surface area contributed by atoms with Crippen LogP contribution >= 0.6 is 0 Å². The summed E-state index contributed by atoms with van der Waals surface area (Å²) in [5.74, 6) is -0.187. The fraction of sp³-hybridized carbons (Fsp3) is 0.696. The van der Waals surface area contributed by atoms with Gasteiger partial charge in [-0.3, -0.25) is 0 Å². The van der Waals surface area contributed by atoms with Crippen LogP contribution < -0.4 is 0 Å². The van der Waals surface area contributed by atoms with E-state index < -0.39 is 5.60 Å². The number of rotatable bonds is 4. The lowest BCUT2D eigenvalue weighted by atomic mass is 9.73. The van der Waals surface area contributed by atoms with E-state index in [0.29, 0.717) is 0 Å². The van der Waals surface area contributed by atoms with Crippen molar-refractivity contribution in [1.82, 2.24) is 9.80 Å². The molecule has 0 aromatic heterocycles. The second-order valence-corrected chi connectivity index (χ2v) is 9.61. The summed E-state index contributed by atoms with van der Waals surface area (Å²) in [6, 6.07) is 6.93. The van der Waals surface area contributed by atoms with Crippen molar-refractivity contribution in [2.75, 3.05) is 32.7 Å². The van der Waals surface area contributed by atoms with Crippen LogP contribution in [0.25, 0.3) is 0 Å². The van der Waals surface area contributed by atoms with E-state index in [0.717, 1.165) is 38.9 Å². The van der Waals surface area contributed by atoms with E-state index in [-0.39, 0.29) is 17.3 Å². The molecule has 2 heterocycles. The van der Waals surface area contributed by atoms with Crippen molar-refractivity contribution in [1.29, 1.82) is 0 Å². The number of carbonyl (C=O) groups excluding carboxylic acids is 1. The number of piperidine rings is 2. The molecule has 2 aliphatic rings. The van der Waals surface area contributed by atoms with Crippen LogP contribution in [-0.2, 0) is 11.2 Å². The number of nitrogens with zero attached hydrogens (tertiary/aromatic N) is 2. The number of ether oxygens (including phenoxy) is 1. The van der Waals surface area contributed by atoms with Crippen LogP contribution in [-0.4, -0.2) is 54.2 Å². The Kier molecular flexibility index (Phi) is 6.64. The molecule has 0 spiro atoms. The van der Waals surface area contributed by atoms with Crippen molar-refractivity contribution in [3.05, 3.63) is 35.6 Å². The van der Waals surface area contributed by atoms with Gasteiger partial charge >= 0.3 is 6.09 Å². The lowest BCUT2D eigenvalue weighted by Crippen LogP contribution is -2.50. The van der Waals surface area contributed by atoms with Crippen LogP contribution in [0, 0.1) is 11.2 Å². The highest BCUT2D eigenvalue weighted by Crippen LogP contribution is 2.37. The molecule has 2 aliphatic heterocycles. The third kappa shape index (κ3) is 5.94. The summed E-state index contributed by atoms with van der Waals surface area (Å²) in [6.07, 6.45) is 6.52. The predicted octanol–water partition coefficient (Wildman–Crippen LogP) is 4.87. The van der Waals surface area contributed by atoms with Crippen LogP contribution in [0.2, 0.25) is 0 Å². The van der Waals surface area contributed by atoms with Gasteiger partial charge in [-0.2, -0.15) is 0 Å². The second kappa shape index (κ2) is 8.81.